The molecule has 0 fully saturated rings. The van der Waals surface area contributed by atoms with E-state index >= 15 is 0 Å². The number of nitrogens with one attached hydrogen (secondary N) is 2. The summed E-state index contributed by atoms with van der Waals surface area (Å²) in [6.45, 7) is 2.45. The van der Waals surface area contributed by atoms with E-state index in [1.165, 1.54) is 6.20 Å². The summed E-state index contributed by atoms with van der Waals surface area (Å²) in [5, 5.41) is 19.6. The maximum absolute atomic E-state index is 12.9. The summed E-state index contributed by atoms with van der Waals surface area (Å²) in [4.78, 5) is 24.6. The van der Waals surface area contributed by atoms with Crippen LogP contribution in [0.2, 0.25) is 0 Å². The molecule has 9 heteroatoms. The van der Waals surface area contributed by atoms with Crippen LogP contribution < -0.4 is 15.4 Å². The number of nitrogens with zero attached hydrogens (tertiary/aromatic N) is 2. The molecule has 3 N–H and O–H groups in total. The number of anilines is 2. The SMILES string of the molecule is CCOc1ccc(NC(=O)c2cnn3c2NC(C(=O)O)=CC3c2cccc(Br)c2)cc1. The molecule has 1 aliphatic rings. The summed E-state index contributed by atoms with van der Waals surface area (Å²) in [7, 11) is 0. The molecule has 0 spiro atoms. The number of fused-ring (bicyclic) bond motifs is 1. The Balaban J connectivity index is 1.65. The third-order valence-corrected chi connectivity index (χ3v) is 5.22. The normalized spacial score (nSPS) is 14.8. The molecular formula is C22H19BrN4O4. The number of carboxylic acid groups (broad SMARTS) is 1. The Morgan fingerprint density at radius 2 is 2.03 bits per heavy atom. The molecule has 0 bridgehead atoms. The summed E-state index contributed by atoms with van der Waals surface area (Å²) in [6, 6.07) is 14.0. The Morgan fingerprint density at radius 3 is 2.71 bits per heavy atom. The predicted octanol–water partition coefficient (Wildman–Crippen LogP) is 4.28. The Labute approximate surface area is 186 Å². The number of amides is 1. The van der Waals surface area contributed by atoms with Gasteiger partial charge in [-0.15, -0.1) is 0 Å². The Hall–Kier alpha value is -3.59. The number of aromatic nitrogens is 2. The maximum atomic E-state index is 12.9. The van der Waals surface area contributed by atoms with Gasteiger partial charge in [0.25, 0.3) is 5.91 Å². The van der Waals surface area contributed by atoms with Crippen molar-refractivity contribution in [2.75, 3.05) is 17.2 Å². The highest BCUT2D eigenvalue weighted by Crippen LogP contribution is 2.33. The van der Waals surface area contributed by atoms with Gasteiger partial charge in [0.1, 0.15) is 22.8 Å². The number of allylic oxidation sites excluding steroid dienone is 1. The summed E-state index contributed by atoms with van der Waals surface area (Å²) in [6.07, 6.45) is 2.99. The summed E-state index contributed by atoms with van der Waals surface area (Å²) < 4.78 is 7.86. The number of hydrogen-bond donors (Lipinski definition) is 3. The quantitative estimate of drug-likeness (QED) is 0.484. The number of carboxylic acids is 1. The topological polar surface area (TPSA) is 105 Å². The second-order valence-electron chi connectivity index (χ2n) is 6.77. The van der Waals surface area contributed by atoms with Crippen molar-refractivity contribution in [1.29, 1.82) is 0 Å². The van der Waals surface area contributed by atoms with Crippen molar-refractivity contribution in [3.63, 3.8) is 0 Å². The largest absolute Gasteiger partial charge is 0.494 e. The lowest BCUT2D eigenvalue weighted by Crippen LogP contribution is -2.25. The van der Waals surface area contributed by atoms with Crippen LogP contribution in [0.1, 0.15) is 28.9 Å². The van der Waals surface area contributed by atoms with Gasteiger partial charge in [-0.05, 0) is 55.0 Å². The van der Waals surface area contributed by atoms with Gasteiger partial charge in [0.05, 0.1) is 18.8 Å². The van der Waals surface area contributed by atoms with Gasteiger partial charge in [0.2, 0.25) is 0 Å². The van der Waals surface area contributed by atoms with Crippen LogP contribution in [0.25, 0.3) is 0 Å². The monoisotopic (exact) mass is 482 g/mol. The molecule has 0 radical (unpaired) electrons. The highest BCUT2D eigenvalue weighted by molar-refractivity contribution is 9.10. The van der Waals surface area contributed by atoms with Gasteiger partial charge in [-0.3, -0.25) is 4.79 Å². The fourth-order valence-corrected chi connectivity index (χ4v) is 3.73. The fourth-order valence-electron chi connectivity index (χ4n) is 3.31. The van der Waals surface area contributed by atoms with Gasteiger partial charge < -0.3 is 20.5 Å². The maximum Gasteiger partial charge on any atom is 0.352 e. The Kier molecular flexibility index (Phi) is 5.77. The van der Waals surface area contributed by atoms with Crippen LogP contribution in [0.4, 0.5) is 11.5 Å². The molecule has 1 amide bonds. The molecule has 1 unspecified atom stereocenters. The van der Waals surface area contributed by atoms with E-state index in [2.05, 4.69) is 31.7 Å². The van der Waals surface area contributed by atoms with Crippen LogP contribution in [0, 0.1) is 0 Å². The molecule has 0 aliphatic carbocycles. The van der Waals surface area contributed by atoms with Crippen molar-refractivity contribution in [3.05, 3.63) is 82.1 Å². The smallest absolute Gasteiger partial charge is 0.352 e. The first-order valence-corrected chi connectivity index (χ1v) is 10.3. The van der Waals surface area contributed by atoms with Crippen molar-refractivity contribution >= 4 is 39.3 Å². The van der Waals surface area contributed by atoms with Crippen LogP contribution >= 0.6 is 15.9 Å². The lowest BCUT2D eigenvalue weighted by atomic mass is 10.0. The lowest BCUT2D eigenvalue weighted by molar-refractivity contribution is -0.132. The standard InChI is InChI=1S/C22H19BrN4O4/c1-2-31-16-8-6-15(7-9-16)25-21(28)17-12-24-27-19(13-4-3-5-14(23)10-13)11-18(22(29)30)26-20(17)27/h3-12,19,26H,2H2,1H3,(H,25,28)(H,29,30). The van der Waals surface area contributed by atoms with E-state index in [0.29, 0.717) is 23.9 Å². The van der Waals surface area contributed by atoms with Gasteiger partial charge in [0, 0.05) is 10.2 Å². The molecule has 4 rings (SSSR count). The Morgan fingerprint density at radius 1 is 1.26 bits per heavy atom. The van der Waals surface area contributed by atoms with Crippen LogP contribution in [0.3, 0.4) is 0 Å². The van der Waals surface area contributed by atoms with Gasteiger partial charge >= 0.3 is 5.97 Å². The molecule has 0 saturated carbocycles. The molecule has 3 aromatic rings. The minimum absolute atomic E-state index is 0.0203. The molecule has 8 nitrogen and oxygen atoms in total. The number of halogens is 1. The van der Waals surface area contributed by atoms with Gasteiger partial charge in [-0.1, -0.05) is 28.1 Å². The molecule has 0 saturated heterocycles. The second kappa shape index (κ2) is 8.65. The van der Waals surface area contributed by atoms with Crippen LogP contribution in [-0.2, 0) is 4.79 Å². The molecule has 1 atom stereocenters. The van der Waals surface area contributed by atoms with Crippen LogP contribution in [-0.4, -0.2) is 33.4 Å². The highest BCUT2D eigenvalue weighted by atomic mass is 79.9. The summed E-state index contributed by atoms with van der Waals surface area (Å²) in [5.41, 5.74) is 1.63. The first-order valence-electron chi connectivity index (χ1n) is 9.55. The average molecular weight is 483 g/mol. The van der Waals surface area contributed by atoms with Gasteiger partial charge in [0.15, 0.2) is 0 Å². The van der Waals surface area contributed by atoms with Crippen LogP contribution in [0.5, 0.6) is 5.75 Å². The molecule has 2 aromatic carbocycles. The first-order chi connectivity index (χ1) is 15.0. The van der Waals surface area contributed by atoms with E-state index in [-0.39, 0.29) is 11.3 Å². The van der Waals surface area contributed by atoms with E-state index in [1.807, 2.05) is 31.2 Å². The van der Waals surface area contributed by atoms with Crippen molar-refractivity contribution in [2.45, 2.75) is 13.0 Å². The number of benzene rings is 2. The highest BCUT2D eigenvalue weighted by Gasteiger charge is 2.29. The van der Waals surface area contributed by atoms with E-state index in [1.54, 1.807) is 35.0 Å². The fraction of sp³-hybridized carbons (Fsp3) is 0.136. The van der Waals surface area contributed by atoms with Crippen molar-refractivity contribution in [2.24, 2.45) is 0 Å². The lowest BCUT2D eigenvalue weighted by Gasteiger charge is -2.24. The van der Waals surface area contributed by atoms with Crippen LogP contribution in [0.15, 0.2) is 71.0 Å². The number of carbonyl (C=O) groups is 2. The number of rotatable bonds is 6. The molecule has 1 aromatic heterocycles. The van der Waals surface area contributed by atoms with Crippen molar-refractivity contribution in [1.82, 2.24) is 9.78 Å². The number of hydrogen-bond acceptors (Lipinski definition) is 5. The second-order valence-corrected chi connectivity index (χ2v) is 7.69. The van der Waals surface area contributed by atoms with E-state index in [0.717, 1.165) is 10.0 Å². The van der Waals surface area contributed by atoms with E-state index < -0.39 is 17.9 Å². The number of aliphatic carboxylic acids is 1. The first kappa shape index (κ1) is 20.7. The number of carbonyl (C=O) groups excluding carboxylic acids is 1. The van der Waals surface area contributed by atoms with Crippen molar-refractivity contribution in [3.8, 4) is 5.75 Å². The average Bonchev–Trinajstić information content (AvgIpc) is 3.19. The molecule has 2 heterocycles. The molecular weight excluding hydrogens is 464 g/mol. The van der Waals surface area contributed by atoms with Gasteiger partial charge in [-0.25, -0.2) is 9.48 Å². The van der Waals surface area contributed by atoms with Gasteiger partial charge in [-0.2, -0.15) is 5.10 Å². The van der Waals surface area contributed by atoms with E-state index in [4.69, 9.17) is 4.74 Å². The third kappa shape index (κ3) is 4.31. The minimum atomic E-state index is -1.12. The zero-order valence-electron chi connectivity index (χ0n) is 16.5. The molecule has 158 valence electrons. The minimum Gasteiger partial charge on any atom is -0.494 e. The summed E-state index contributed by atoms with van der Waals surface area (Å²) in [5.74, 6) is -0.505. The zero-order chi connectivity index (χ0) is 22.0. The molecule has 1 aliphatic heterocycles. The third-order valence-electron chi connectivity index (χ3n) is 4.72. The van der Waals surface area contributed by atoms with E-state index in [9.17, 15) is 14.7 Å². The zero-order valence-corrected chi connectivity index (χ0v) is 18.1. The Bertz CT molecular complexity index is 1170. The summed E-state index contributed by atoms with van der Waals surface area (Å²) >= 11 is 3.44. The van der Waals surface area contributed by atoms with Crippen molar-refractivity contribution < 1.29 is 19.4 Å². The predicted molar refractivity (Wildman–Crippen MR) is 119 cm³/mol. The number of ether oxygens (including phenoxy) is 1. The molecule has 31 heavy (non-hydrogen) atoms.